The number of phenolic OH excluding ortho intramolecular Hbond substituents is 1. The summed E-state index contributed by atoms with van der Waals surface area (Å²) in [7, 11) is 0. The quantitative estimate of drug-likeness (QED) is 0.108. The average molecular weight is 436 g/mol. The van der Waals surface area contributed by atoms with Crippen LogP contribution in [0.5, 0.6) is 5.75 Å². The molecule has 170 valence electrons. The third-order valence-electron chi connectivity index (χ3n) is 4.11. The van der Waals surface area contributed by atoms with E-state index in [0.29, 0.717) is 18.5 Å². The molecule has 0 radical (unpaired) electrons. The van der Waals surface area contributed by atoms with Crippen molar-refractivity contribution in [2.75, 3.05) is 13.1 Å². The Labute approximate surface area is 179 Å². The molecule has 12 nitrogen and oxygen atoms in total. The monoisotopic (exact) mass is 436 g/mol. The predicted molar refractivity (Wildman–Crippen MR) is 111 cm³/mol. The van der Waals surface area contributed by atoms with Crippen molar-refractivity contribution in [3.8, 4) is 5.75 Å². The summed E-state index contributed by atoms with van der Waals surface area (Å²) in [5, 5.41) is 35.5. The minimum absolute atomic E-state index is 0.00698. The highest BCUT2D eigenvalue weighted by atomic mass is 16.4. The fourth-order valence-electron chi connectivity index (χ4n) is 2.65. The summed E-state index contributed by atoms with van der Waals surface area (Å²) in [6.45, 7) is 1.11. The number of phenols is 1. The molecule has 1 rings (SSSR count). The molecule has 0 aliphatic carbocycles. The van der Waals surface area contributed by atoms with Crippen LogP contribution in [-0.2, 0) is 25.6 Å². The van der Waals surface area contributed by atoms with Crippen LogP contribution in [0.4, 0.5) is 0 Å². The highest BCUT2D eigenvalue weighted by Gasteiger charge is 2.23. The first-order valence-corrected chi connectivity index (χ1v) is 9.51. The maximum Gasteiger partial charge on any atom is 0.326 e. The van der Waals surface area contributed by atoms with E-state index >= 15 is 0 Å². The first-order chi connectivity index (χ1) is 14.6. The van der Waals surface area contributed by atoms with Crippen molar-refractivity contribution in [1.82, 2.24) is 21.3 Å². The van der Waals surface area contributed by atoms with Crippen LogP contribution in [-0.4, -0.2) is 65.0 Å². The van der Waals surface area contributed by atoms with Crippen molar-refractivity contribution in [1.29, 1.82) is 5.41 Å². The van der Waals surface area contributed by atoms with Gasteiger partial charge < -0.3 is 37.2 Å². The largest absolute Gasteiger partial charge is 0.508 e. The second kappa shape index (κ2) is 12.7. The summed E-state index contributed by atoms with van der Waals surface area (Å²) in [6.07, 6.45) is 0.663. The number of carboxylic acids is 1. The standard InChI is InChI=1S/C19H28N6O6/c1-11(26)24-14(3-2-8-22-19(20)21)17(29)23-10-16(28)25-15(18(30)31)9-12-4-6-13(27)7-5-12/h4-7,14-15,27H,2-3,8-10H2,1H3,(H,23,29)(H,24,26)(H,25,28)(H,30,31)(H4,20,21,22)/t14-,15-/m0/s1. The van der Waals surface area contributed by atoms with Crippen molar-refractivity contribution in [3.63, 3.8) is 0 Å². The van der Waals surface area contributed by atoms with Gasteiger partial charge in [0.15, 0.2) is 5.96 Å². The van der Waals surface area contributed by atoms with Crippen LogP contribution in [0.3, 0.4) is 0 Å². The number of aliphatic carboxylic acids is 1. The number of carbonyl (C=O) groups excluding carboxylic acids is 3. The van der Waals surface area contributed by atoms with Gasteiger partial charge in [0.05, 0.1) is 6.54 Å². The van der Waals surface area contributed by atoms with E-state index in [4.69, 9.17) is 11.1 Å². The zero-order valence-corrected chi connectivity index (χ0v) is 17.1. The number of nitrogens with one attached hydrogen (secondary N) is 5. The molecule has 12 heteroatoms. The number of guanidine groups is 1. The van der Waals surface area contributed by atoms with E-state index < -0.39 is 42.3 Å². The van der Waals surface area contributed by atoms with Gasteiger partial charge in [-0.1, -0.05) is 12.1 Å². The van der Waals surface area contributed by atoms with Gasteiger partial charge >= 0.3 is 5.97 Å². The van der Waals surface area contributed by atoms with Crippen molar-refractivity contribution in [2.24, 2.45) is 5.73 Å². The molecule has 0 heterocycles. The molecule has 0 aromatic heterocycles. The minimum atomic E-state index is -1.25. The SMILES string of the molecule is CC(=O)N[C@@H](CCCNC(=N)N)C(=O)NCC(=O)N[C@@H](Cc1ccc(O)cc1)C(=O)O. The Hall–Kier alpha value is -3.83. The Balaban J connectivity index is 2.57. The topological polar surface area (TPSA) is 207 Å². The van der Waals surface area contributed by atoms with E-state index in [1.165, 1.54) is 31.2 Å². The summed E-state index contributed by atoms with van der Waals surface area (Å²) < 4.78 is 0. The smallest absolute Gasteiger partial charge is 0.326 e. The molecule has 31 heavy (non-hydrogen) atoms. The number of amides is 3. The van der Waals surface area contributed by atoms with Crippen LogP contribution in [0.2, 0.25) is 0 Å². The number of aromatic hydroxyl groups is 1. The van der Waals surface area contributed by atoms with E-state index in [1.807, 2.05) is 0 Å². The summed E-state index contributed by atoms with van der Waals surface area (Å²) in [5.74, 6) is -3.16. The highest BCUT2D eigenvalue weighted by molar-refractivity contribution is 5.91. The fraction of sp³-hybridized carbons (Fsp3) is 0.421. The zero-order valence-electron chi connectivity index (χ0n) is 17.1. The zero-order chi connectivity index (χ0) is 23.4. The summed E-state index contributed by atoms with van der Waals surface area (Å²) in [6, 6.07) is 3.77. The van der Waals surface area contributed by atoms with E-state index in [1.54, 1.807) is 0 Å². The fourth-order valence-corrected chi connectivity index (χ4v) is 2.65. The molecule has 9 N–H and O–H groups in total. The van der Waals surface area contributed by atoms with E-state index in [9.17, 15) is 29.4 Å². The Morgan fingerprint density at radius 2 is 1.71 bits per heavy atom. The lowest BCUT2D eigenvalue weighted by atomic mass is 10.1. The lowest BCUT2D eigenvalue weighted by molar-refractivity contribution is -0.141. The van der Waals surface area contributed by atoms with Gasteiger partial charge in [-0.3, -0.25) is 19.8 Å². The second-order valence-corrected chi connectivity index (χ2v) is 6.78. The van der Waals surface area contributed by atoms with Gasteiger partial charge in [0.25, 0.3) is 0 Å². The number of carbonyl (C=O) groups is 4. The third kappa shape index (κ3) is 10.5. The maximum absolute atomic E-state index is 12.3. The molecule has 0 bridgehead atoms. The number of benzene rings is 1. The Kier molecular flexibility index (Phi) is 10.3. The molecular weight excluding hydrogens is 408 g/mol. The number of hydrogen-bond acceptors (Lipinski definition) is 6. The molecule has 1 aromatic rings. The second-order valence-electron chi connectivity index (χ2n) is 6.78. The highest BCUT2D eigenvalue weighted by Crippen LogP contribution is 2.11. The van der Waals surface area contributed by atoms with Gasteiger partial charge in [-0.2, -0.15) is 0 Å². The van der Waals surface area contributed by atoms with Crippen LogP contribution in [0.1, 0.15) is 25.3 Å². The van der Waals surface area contributed by atoms with Gasteiger partial charge in [0.1, 0.15) is 17.8 Å². The first-order valence-electron chi connectivity index (χ1n) is 9.51. The third-order valence-corrected chi connectivity index (χ3v) is 4.11. The lowest BCUT2D eigenvalue weighted by Crippen LogP contribution is -2.51. The molecule has 0 unspecified atom stereocenters. The van der Waals surface area contributed by atoms with Crippen molar-refractivity contribution in [2.45, 2.75) is 38.3 Å². The number of nitrogens with two attached hydrogens (primary N) is 1. The summed E-state index contributed by atoms with van der Waals surface area (Å²) in [4.78, 5) is 47.2. The lowest BCUT2D eigenvalue weighted by Gasteiger charge is -2.19. The van der Waals surface area contributed by atoms with Crippen LogP contribution < -0.4 is 27.0 Å². The van der Waals surface area contributed by atoms with Gasteiger partial charge in [0.2, 0.25) is 17.7 Å². The van der Waals surface area contributed by atoms with E-state index in [0.717, 1.165) is 0 Å². The van der Waals surface area contributed by atoms with Gasteiger partial charge in [0, 0.05) is 19.9 Å². The number of hydrogen-bond donors (Lipinski definition) is 8. The van der Waals surface area contributed by atoms with E-state index in [-0.39, 0.29) is 24.6 Å². The number of rotatable bonds is 12. The molecule has 0 aliphatic rings. The molecule has 1 aromatic carbocycles. The summed E-state index contributed by atoms with van der Waals surface area (Å²) >= 11 is 0. The predicted octanol–water partition coefficient (Wildman–Crippen LogP) is -1.61. The van der Waals surface area contributed by atoms with Crippen LogP contribution in [0.15, 0.2) is 24.3 Å². The normalized spacial score (nSPS) is 12.2. The summed E-state index contributed by atoms with van der Waals surface area (Å²) in [5.41, 5.74) is 5.77. The van der Waals surface area contributed by atoms with E-state index in [2.05, 4.69) is 21.3 Å². The average Bonchev–Trinajstić information content (AvgIpc) is 2.69. The molecule has 2 atom stereocenters. The van der Waals surface area contributed by atoms with Gasteiger partial charge in [-0.05, 0) is 30.5 Å². The molecule has 0 saturated carbocycles. The van der Waals surface area contributed by atoms with Gasteiger partial charge in [-0.25, -0.2) is 4.79 Å². The van der Waals surface area contributed by atoms with Crippen LogP contribution in [0.25, 0.3) is 0 Å². The minimum Gasteiger partial charge on any atom is -0.508 e. The van der Waals surface area contributed by atoms with Crippen LogP contribution >= 0.6 is 0 Å². The molecule has 0 fully saturated rings. The first kappa shape index (κ1) is 25.2. The van der Waals surface area contributed by atoms with Crippen LogP contribution in [0, 0.1) is 5.41 Å². The Bertz CT molecular complexity index is 798. The molecular formula is C19H28N6O6. The Morgan fingerprint density at radius 3 is 2.26 bits per heavy atom. The molecule has 0 saturated heterocycles. The molecule has 0 aliphatic heterocycles. The van der Waals surface area contributed by atoms with Crippen molar-refractivity contribution < 1.29 is 29.4 Å². The molecule has 0 spiro atoms. The van der Waals surface area contributed by atoms with Crippen molar-refractivity contribution >= 4 is 29.7 Å². The van der Waals surface area contributed by atoms with Crippen molar-refractivity contribution in [3.05, 3.63) is 29.8 Å². The molecule has 3 amide bonds. The maximum atomic E-state index is 12.3. The number of carboxylic acid groups (broad SMARTS) is 1. The Morgan fingerprint density at radius 1 is 1.06 bits per heavy atom. The van der Waals surface area contributed by atoms with Gasteiger partial charge in [-0.15, -0.1) is 0 Å².